The number of esters is 1. The van der Waals surface area contributed by atoms with Crippen LogP contribution in [-0.2, 0) is 9.53 Å². The number of para-hydroxylation sites is 1. The highest BCUT2D eigenvalue weighted by Gasteiger charge is 2.33. The normalized spacial score (nSPS) is 16.5. The van der Waals surface area contributed by atoms with E-state index in [-0.39, 0.29) is 12.2 Å². The Morgan fingerprint density at radius 1 is 1.29 bits per heavy atom. The van der Waals surface area contributed by atoms with Crippen molar-refractivity contribution in [1.82, 2.24) is 9.55 Å². The van der Waals surface area contributed by atoms with E-state index in [0.29, 0.717) is 20.6 Å². The first-order chi connectivity index (χ1) is 15.1. The minimum Gasteiger partial charge on any atom is -0.463 e. The Kier molecular flexibility index (Phi) is 4.95. The van der Waals surface area contributed by atoms with Gasteiger partial charge in [0.2, 0.25) is 0 Å². The highest BCUT2D eigenvalue weighted by molar-refractivity contribution is 7.10. The Morgan fingerprint density at radius 3 is 2.90 bits per heavy atom. The van der Waals surface area contributed by atoms with Gasteiger partial charge in [-0.2, -0.15) is 0 Å². The van der Waals surface area contributed by atoms with Gasteiger partial charge < -0.3 is 9.72 Å². The van der Waals surface area contributed by atoms with Crippen molar-refractivity contribution in [2.24, 2.45) is 4.99 Å². The lowest BCUT2D eigenvalue weighted by Gasteiger charge is -2.23. The van der Waals surface area contributed by atoms with Crippen molar-refractivity contribution < 1.29 is 9.53 Å². The van der Waals surface area contributed by atoms with E-state index in [1.807, 2.05) is 54.1 Å². The Hall–Kier alpha value is -3.23. The molecule has 0 unspecified atom stereocenters. The molecule has 8 heteroatoms. The summed E-state index contributed by atoms with van der Waals surface area (Å²) < 4.78 is 7.49. The number of H-pyrrole nitrogens is 1. The molecule has 0 fully saturated rings. The Bertz CT molecular complexity index is 1500. The van der Waals surface area contributed by atoms with Crippen LogP contribution in [0.15, 0.2) is 69.0 Å². The summed E-state index contributed by atoms with van der Waals surface area (Å²) in [5, 5.41) is 2.99. The van der Waals surface area contributed by atoms with Crippen LogP contribution in [0.3, 0.4) is 0 Å². The number of nitrogens with one attached hydrogen (secondary N) is 1. The summed E-state index contributed by atoms with van der Waals surface area (Å²) in [5.41, 5.74) is 2.78. The molecule has 1 N–H and O–H groups in total. The van der Waals surface area contributed by atoms with Crippen LogP contribution in [0, 0.1) is 0 Å². The number of aromatic nitrogens is 2. The fraction of sp³-hybridized carbons (Fsp3) is 0.174. The molecule has 156 valence electrons. The zero-order chi connectivity index (χ0) is 21.5. The molecule has 3 aromatic heterocycles. The molecule has 0 radical (unpaired) electrons. The molecule has 31 heavy (non-hydrogen) atoms. The summed E-state index contributed by atoms with van der Waals surface area (Å²) in [4.78, 5) is 35.6. The van der Waals surface area contributed by atoms with Gasteiger partial charge in [0, 0.05) is 27.5 Å². The number of carbonyl (C=O) groups is 1. The molecular weight excluding hydrogens is 430 g/mol. The molecule has 4 aromatic rings. The van der Waals surface area contributed by atoms with Gasteiger partial charge in [0.1, 0.15) is 6.04 Å². The van der Waals surface area contributed by atoms with E-state index in [1.165, 1.54) is 22.7 Å². The van der Waals surface area contributed by atoms with Crippen LogP contribution in [-0.4, -0.2) is 22.1 Å². The summed E-state index contributed by atoms with van der Waals surface area (Å²) in [6, 6.07) is 11.3. The molecule has 5 rings (SSSR count). The fourth-order valence-electron chi connectivity index (χ4n) is 3.86. The number of hydrogen-bond donors (Lipinski definition) is 1. The SMILES string of the molecule is CCOC(=O)C1=C(C)N=c2s/c(=C/c3c[nH]c4ccccc34)c(=O)n2[C@@H]1c1cccs1. The average molecular weight is 450 g/mol. The highest BCUT2D eigenvalue weighted by atomic mass is 32.1. The highest BCUT2D eigenvalue weighted by Crippen LogP contribution is 2.33. The lowest BCUT2D eigenvalue weighted by atomic mass is 10.0. The Labute approximate surface area is 185 Å². The monoisotopic (exact) mass is 449 g/mol. The van der Waals surface area contributed by atoms with Crippen molar-refractivity contribution in [3.8, 4) is 0 Å². The summed E-state index contributed by atoms with van der Waals surface area (Å²) in [5.74, 6) is -0.437. The molecule has 0 bridgehead atoms. The van der Waals surface area contributed by atoms with Gasteiger partial charge in [-0.05, 0) is 37.4 Å². The van der Waals surface area contributed by atoms with Crippen LogP contribution in [0.1, 0.15) is 30.3 Å². The number of fused-ring (bicyclic) bond motifs is 2. The molecule has 6 nitrogen and oxygen atoms in total. The number of carbonyl (C=O) groups excluding carboxylic acids is 1. The molecular formula is C23H19N3O3S2. The predicted molar refractivity (Wildman–Crippen MR) is 123 cm³/mol. The average Bonchev–Trinajstić information content (AvgIpc) is 3.48. The third-order valence-electron chi connectivity index (χ3n) is 5.24. The third-order valence-corrected chi connectivity index (χ3v) is 7.15. The fourth-order valence-corrected chi connectivity index (χ4v) is 5.72. The van der Waals surface area contributed by atoms with Gasteiger partial charge in [-0.3, -0.25) is 9.36 Å². The van der Waals surface area contributed by atoms with Gasteiger partial charge in [-0.25, -0.2) is 9.79 Å². The summed E-state index contributed by atoms with van der Waals surface area (Å²) in [6.45, 7) is 3.83. The maximum Gasteiger partial charge on any atom is 0.338 e. The summed E-state index contributed by atoms with van der Waals surface area (Å²) in [7, 11) is 0. The van der Waals surface area contributed by atoms with Crippen LogP contribution < -0.4 is 14.9 Å². The zero-order valence-electron chi connectivity index (χ0n) is 16.9. The Morgan fingerprint density at radius 2 is 2.13 bits per heavy atom. The molecule has 1 aromatic carbocycles. The van der Waals surface area contributed by atoms with Crippen LogP contribution >= 0.6 is 22.7 Å². The molecule has 4 heterocycles. The van der Waals surface area contributed by atoms with E-state index < -0.39 is 12.0 Å². The lowest BCUT2D eigenvalue weighted by Crippen LogP contribution is -2.39. The topological polar surface area (TPSA) is 76.4 Å². The van der Waals surface area contributed by atoms with Crippen molar-refractivity contribution in [1.29, 1.82) is 0 Å². The molecule has 1 aliphatic rings. The number of thiazole rings is 1. The third kappa shape index (κ3) is 3.28. The van der Waals surface area contributed by atoms with Gasteiger partial charge in [0.25, 0.3) is 5.56 Å². The first-order valence-electron chi connectivity index (χ1n) is 9.87. The first-order valence-corrected chi connectivity index (χ1v) is 11.6. The number of benzene rings is 1. The van der Waals surface area contributed by atoms with Crippen LogP contribution in [0.2, 0.25) is 0 Å². The number of hydrogen-bond acceptors (Lipinski definition) is 6. The maximum absolute atomic E-state index is 13.5. The van der Waals surface area contributed by atoms with Gasteiger partial charge >= 0.3 is 5.97 Å². The minimum atomic E-state index is -0.541. The minimum absolute atomic E-state index is 0.165. The molecule has 0 saturated heterocycles. The zero-order valence-corrected chi connectivity index (χ0v) is 18.5. The van der Waals surface area contributed by atoms with E-state index in [0.717, 1.165) is 21.3 Å². The van der Waals surface area contributed by atoms with Crippen molar-refractivity contribution in [2.45, 2.75) is 19.9 Å². The Balaban J connectivity index is 1.73. The van der Waals surface area contributed by atoms with E-state index >= 15 is 0 Å². The number of allylic oxidation sites excluding steroid dienone is 1. The van der Waals surface area contributed by atoms with Crippen LogP contribution in [0.25, 0.3) is 17.0 Å². The summed E-state index contributed by atoms with van der Waals surface area (Å²) >= 11 is 2.84. The largest absolute Gasteiger partial charge is 0.463 e. The van der Waals surface area contributed by atoms with Crippen molar-refractivity contribution in [2.75, 3.05) is 6.61 Å². The number of rotatable bonds is 4. The van der Waals surface area contributed by atoms with Crippen molar-refractivity contribution in [3.63, 3.8) is 0 Å². The number of thiophene rings is 1. The molecule has 1 aliphatic heterocycles. The number of aromatic amines is 1. The van der Waals surface area contributed by atoms with E-state index in [1.54, 1.807) is 18.4 Å². The molecule has 0 saturated carbocycles. The van der Waals surface area contributed by atoms with Gasteiger partial charge in [-0.15, -0.1) is 11.3 Å². The predicted octanol–water partition coefficient (Wildman–Crippen LogP) is 3.34. The van der Waals surface area contributed by atoms with Crippen molar-refractivity contribution in [3.05, 3.63) is 89.4 Å². The lowest BCUT2D eigenvalue weighted by molar-refractivity contribution is -0.139. The smallest absolute Gasteiger partial charge is 0.338 e. The van der Waals surface area contributed by atoms with E-state index in [2.05, 4.69) is 9.98 Å². The van der Waals surface area contributed by atoms with E-state index in [4.69, 9.17) is 4.74 Å². The number of ether oxygens (including phenoxy) is 1. The maximum atomic E-state index is 13.5. The van der Waals surface area contributed by atoms with Gasteiger partial charge in [0.05, 0.1) is 22.4 Å². The molecule has 0 amide bonds. The van der Waals surface area contributed by atoms with E-state index in [9.17, 15) is 9.59 Å². The summed E-state index contributed by atoms with van der Waals surface area (Å²) in [6.07, 6.45) is 3.78. The second kappa shape index (κ2) is 7.79. The van der Waals surface area contributed by atoms with Crippen LogP contribution in [0.5, 0.6) is 0 Å². The second-order valence-electron chi connectivity index (χ2n) is 7.11. The van der Waals surface area contributed by atoms with Gasteiger partial charge in [0.15, 0.2) is 4.80 Å². The molecule has 1 atom stereocenters. The van der Waals surface area contributed by atoms with Gasteiger partial charge in [-0.1, -0.05) is 35.6 Å². The first kappa shape index (κ1) is 19.7. The van der Waals surface area contributed by atoms with Crippen LogP contribution in [0.4, 0.5) is 0 Å². The number of nitrogens with zero attached hydrogens (tertiary/aromatic N) is 2. The molecule has 0 spiro atoms. The quantitative estimate of drug-likeness (QED) is 0.486. The second-order valence-corrected chi connectivity index (χ2v) is 9.10. The van der Waals surface area contributed by atoms with Crippen molar-refractivity contribution >= 4 is 45.6 Å². The molecule has 0 aliphatic carbocycles. The standard InChI is InChI=1S/C23H19N3O3S2/c1-3-29-22(28)19-13(2)25-23-26(20(19)17-9-6-10-30-17)21(27)18(31-23)11-14-12-24-16-8-5-4-7-15(14)16/h4-12,20,24H,3H2,1-2H3/b18-11+/t20-/m1/s1.